The number of carbonyl (C=O) groups excluding carboxylic acids is 2. The van der Waals surface area contributed by atoms with Crippen LogP contribution in [0.2, 0.25) is 0 Å². The van der Waals surface area contributed by atoms with E-state index in [4.69, 9.17) is 0 Å². The Labute approximate surface area is 126 Å². The molecule has 0 radical (unpaired) electrons. The molecule has 4 heteroatoms. The number of nitrogens with zero attached hydrogens (tertiary/aromatic N) is 1. The molecule has 2 unspecified atom stereocenters. The van der Waals surface area contributed by atoms with Crippen LogP contribution in [0, 0.1) is 11.8 Å². The molecule has 2 rings (SSSR count). The fourth-order valence-electron chi connectivity index (χ4n) is 2.99. The van der Waals surface area contributed by atoms with Gasteiger partial charge in [0.1, 0.15) is 0 Å². The highest BCUT2D eigenvalue weighted by atomic mass is 16.2. The third-order valence-electron chi connectivity index (χ3n) is 3.87. The quantitative estimate of drug-likeness (QED) is 0.929. The van der Waals surface area contributed by atoms with Gasteiger partial charge in [-0.15, -0.1) is 0 Å². The van der Waals surface area contributed by atoms with E-state index in [-0.39, 0.29) is 11.8 Å². The molecule has 1 heterocycles. The maximum Gasteiger partial charge on any atom is 0.253 e. The summed E-state index contributed by atoms with van der Waals surface area (Å²) in [5.41, 5.74) is 1.33. The first kappa shape index (κ1) is 15.5. The smallest absolute Gasteiger partial charge is 0.253 e. The van der Waals surface area contributed by atoms with Crippen molar-refractivity contribution in [1.29, 1.82) is 0 Å². The van der Waals surface area contributed by atoms with Gasteiger partial charge in [-0.25, -0.2) is 0 Å². The number of likely N-dealkylation sites (tertiary alicyclic amines) is 1. The summed E-state index contributed by atoms with van der Waals surface area (Å²) in [5.74, 6) is 1.10. The van der Waals surface area contributed by atoms with Gasteiger partial charge >= 0.3 is 0 Å². The summed E-state index contributed by atoms with van der Waals surface area (Å²) in [6.45, 7) is 7.81. The van der Waals surface area contributed by atoms with E-state index < -0.39 is 0 Å². The Morgan fingerprint density at radius 2 is 1.90 bits per heavy atom. The first-order valence-corrected chi connectivity index (χ1v) is 7.68. The van der Waals surface area contributed by atoms with E-state index in [9.17, 15) is 9.59 Å². The lowest BCUT2D eigenvalue weighted by Crippen LogP contribution is -2.42. The molecule has 0 aromatic heterocycles. The molecular weight excluding hydrogens is 264 g/mol. The third-order valence-corrected chi connectivity index (χ3v) is 3.87. The van der Waals surface area contributed by atoms with Gasteiger partial charge < -0.3 is 10.2 Å². The second-order valence-electron chi connectivity index (χ2n) is 6.14. The normalized spacial score (nSPS) is 22.0. The van der Waals surface area contributed by atoms with Crippen LogP contribution in [0.15, 0.2) is 24.3 Å². The molecular formula is C17H24N2O2. The monoisotopic (exact) mass is 288 g/mol. The molecule has 0 aliphatic carbocycles. The summed E-state index contributed by atoms with van der Waals surface area (Å²) >= 11 is 0. The summed E-state index contributed by atoms with van der Waals surface area (Å²) in [6, 6.07) is 7.20. The standard InChI is InChI=1S/C17H24N2O2/c1-4-16(20)18-15-7-5-6-14(9-15)17(21)19-10-12(2)8-13(3)11-19/h5-7,9,12-13H,4,8,10-11H2,1-3H3,(H,18,20). The van der Waals surface area contributed by atoms with Crippen molar-refractivity contribution >= 4 is 17.5 Å². The minimum atomic E-state index is -0.0418. The van der Waals surface area contributed by atoms with Crippen LogP contribution in [0.3, 0.4) is 0 Å². The molecule has 1 saturated heterocycles. The van der Waals surface area contributed by atoms with Gasteiger partial charge in [0.2, 0.25) is 5.91 Å². The Morgan fingerprint density at radius 3 is 2.52 bits per heavy atom. The van der Waals surface area contributed by atoms with Gasteiger partial charge in [0, 0.05) is 30.8 Å². The summed E-state index contributed by atoms with van der Waals surface area (Å²) in [4.78, 5) is 26.0. The number of rotatable bonds is 3. The van der Waals surface area contributed by atoms with Gasteiger partial charge in [0.25, 0.3) is 5.91 Å². The summed E-state index contributed by atoms with van der Waals surface area (Å²) in [7, 11) is 0. The van der Waals surface area contributed by atoms with Crippen molar-refractivity contribution in [1.82, 2.24) is 4.90 Å². The van der Waals surface area contributed by atoms with Gasteiger partial charge in [-0.2, -0.15) is 0 Å². The first-order chi connectivity index (χ1) is 9.99. The maximum atomic E-state index is 12.6. The predicted molar refractivity (Wildman–Crippen MR) is 84.2 cm³/mol. The molecule has 21 heavy (non-hydrogen) atoms. The van der Waals surface area contributed by atoms with E-state index in [0.717, 1.165) is 13.1 Å². The second-order valence-corrected chi connectivity index (χ2v) is 6.14. The molecule has 0 saturated carbocycles. The van der Waals surface area contributed by atoms with Crippen LogP contribution in [0.25, 0.3) is 0 Å². The van der Waals surface area contributed by atoms with Gasteiger partial charge in [0.05, 0.1) is 0 Å². The molecule has 4 nitrogen and oxygen atoms in total. The third kappa shape index (κ3) is 4.06. The largest absolute Gasteiger partial charge is 0.338 e. The SMILES string of the molecule is CCC(=O)Nc1cccc(C(=O)N2CC(C)CC(C)C2)c1. The highest BCUT2D eigenvalue weighted by Gasteiger charge is 2.26. The average molecular weight is 288 g/mol. The molecule has 2 amide bonds. The van der Waals surface area contributed by atoms with Gasteiger partial charge in [0.15, 0.2) is 0 Å². The lowest BCUT2D eigenvalue weighted by atomic mass is 9.91. The Morgan fingerprint density at radius 1 is 1.24 bits per heavy atom. The molecule has 2 atom stereocenters. The summed E-state index contributed by atoms with van der Waals surface area (Å²) < 4.78 is 0. The molecule has 0 bridgehead atoms. The van der Waals surface area contributed by atoms with Crippen LogP contribution >= 0.6 is 0 Å². The molecule has 1 aromatic carbocycles. The second kappa shape index (κ2) is 6.74. The van der Waals surface area contributed by atoms with E-state index in [0.29, 0.717) is 29.5 Å². The predicted octanol–water partition coefficient (Wildman–Crippen LogP) is 3.15. The minimum absolute atomic E-state index is 0.0418. The lowest BCUT2D eigenvalue weighted by Gasteiger charge is -2.35. The molecule has 1 aliphatic rings. The first-order valence-electron chi connectivity index (χ1n) is 7.68. The van der Waals surface area contributed by atoms with Crippen molar-refractivity contribution in [3.63, 3.8) is 0 Å². The van der Waals surface area contributed by atoms with E-state index in [1.807, 2.05) is 23.1 Å². The highest BCUT2D eigenvalue weighted by molar-refractivity contribution is 5.97. The fourth-order valence-corrected chi connectivity index (χ4v) is 2.99. The number of amides is 2. The van der Waals surface area contributed by atoms with E-state index in [1.165, 1.54) is 6.42 Å². The van der Waals surface area contributed by atoms with E-state index >= 15 is 0 Å². The van der Waals surface area contributed by atoms with Crippen molar-refractivity contribution < 1.29 is 9.59 Å². The topological polar surface area (TPSA) is 49.4 Å². The lowest BCUT2D eigenvalue weighted by molar-refractivity contribution is -0.115. The molecule has 114 valence electrons. The van der Waals surface area contributed by atoms with Gasteiger partial charge in [-0.1, -0.05) is 26.8 Å². The van der Waals surface area contributed by atoms with E-state index in [1.54, 1.807) is 13.0 Å². The minimum Gasteiger partial charge on any atom is -0.338 e. The number of piperidine rings is 1. The van der Waals surface area contributed by atoms with Crippen molar-refractivity contribution in [2.75, 3.05) is 18.4 Å². The van der Waals surface area contributed by atoms with Crippen molar-refractivity contribution in [3.05, 3.63) is 29.8 Å². The molecule has 1 aromatic rings. The zero-order valence-corrected chi connectivity index (χ0v) is 13.1. The number of carbonyl (C=O) groups is 2. The number of hydrogen-bond acceptors (Lipinski definition) is 2. The molecule has 1 fully saturated rings. The van der Waals surface area contributed by atoms with Crippen molar-refractivity contribution in [2.45, 2.75) is 33.6 Å². The molecule has 0 spiro atoms. The molecule has 1 aliphatic heterocycles. The van der Waals surface area contributed by atoms with Crippen LogP contribution in [-0.4, -0.2) is 29.8 Å². The number of benzene rings is 1. The Kier molecular flexibility index (Phi) is 4.99. The Bertz CT molecular complexity index is 517. The number of anilines is 1. The van der Waals surface area contributed by atoms with E-state index in [2.05, 4.69) is 19.2 Å². The summed E-state index contributed by atoms with van der Waals surface area (Å²) in [5, 5.41) is 2.80. The number of nitrogens with one attached hydrogen (secondary N) is 1. The van der Waals surface area contributed by atoms with Crippen LogP contribution in [-0.2, 0) is 4.79 Å². The Hall–Kier alpha value is -1.84. The van der Waals surface area contributed by atoms with Crippen LogP contribution in [0.5, 0.6) is 0 Å². The van der Waals surface area contributed by atoms with Crippen LogP contribution in [0.4, 0.5) is 5.69 Å². The van der Waals surface area contributed by atoms with Gasteiger partial charge in [-0.3, -0.25) is 9.59 Å². The van der Waals surface area contributed by atoms with Crippen LogP contribution in [0.1, 0.15) is 44.0 Å². The number of hydrogen-bond donors (Lipinski definition) is 1. The zero-order valence-electron chi connectivity index (χ0n) is 13.1. The maximum absolute atomic E-state index is 12.6. The average Bonchev–Trinajstić information content (AvgIpc) is 2.45. The molecule has 1 N–H and O–H groups in total. The van der Waals surface area contributed by atoms with Crippen molar-refractivity contribution in [3.8, 4) is 0 Å². The van der Waals surface area contributed by atoms with Crippen LogP contribution < -0.4 is 5.32 Å². The van der Waals surface area contributed by atoms with Gasteiger partial charge in [-0.05, 0) is 36.5 Å². The fraction of sp³-hybridized carbons (Fsp3) is 0.529. The Balaban J connectivity index is 2.11. The summed E-state index contributed by atoms with van der Waals surface area (Å²) in [6.07, 6.45) is 1.61. The van der Waals surface area contributed by atoms with Crippen molar-refractivity contribution in [2.24, 2.45) is 11.8 Å². The highest BCUT2D eigenvalue weighted by Crippen LogP contribution is 2.23. The zero-order chi connectivity index (χ0) is 15.4.